The third-order valence-electron chi connectivity index (χ3n) is 1.77. The van der Waals surface area contributed by atoms with Gasteiger partial charge in [0.25, 0.3) is 5.56 Å². The van der Waals surface area contributed by atoms with Crippen LogP contribution in [0, 0.1) is 0 Å². The highest BCUT2D eigenvalue weighted by molar-refractivity contribution is 5.12. The molecule has 0 aliphatic heterocycles. The molecule has 2 nitrogen and oxygen atoms in total. The maximum Gasteiger partial charge on any atom is 0.431 e. The Bertz CT molecular complexity index is 431. The van der Waals surface area contributed by atoms with Gasteiger partial charge in [-0.2, -0.15) is 13.2 Å². The predicted octanol–water partition coefficient (Wildman–Crippen LogP) is 2.44. The summed E-state index contributed by atoms with van der Waals surface area (Å²) in [5.41, 5.74) is -1.13. The first-order valence-corrected chi connectivity index (χ1v) is 4.24. The molecule has 0 aromatic carbocycles. The Morgan fingerprint density at radius 1 is 1.47 bits per heavy atom. The van der Waals surface area contributed by atoms with Crippen molar-refractivity contribution >= 4 is 0 Å². The van der Waals surface area contributed by atoms with E-state index in [1.165, 1.54) is 0 Å². The van der Waals surface area contributed by atoms with Crippen molar-refractivity contribution in [2.45, 2.75) is 19.6 Å². The normalized spacial score (nSPS) is 11.5. The molecule has 0 unspecified atom stereocenters. The molecule has 0 aliphatic rings. The number of allylic oxidation sites excluding steroid dienone is 1. The van der Waals surface area contributed by atoms with Crippen LogP contribution in [0.5, 0.6) is 0 Å². The molecule has 0 spiro atoms. The monoisotopic (exact) mass is 217 g/mol. The molecule has 1 rings (SSSR count). The van der Waals surface area contributed by atoms with Crippen molar-refractivity contribution < 1.29 is 13.2 Å². The molecular weight excluding hydrogens is 207 g/mol. The summed E-state index contributed by atoms with van der Waals surface area (Å²) in [6.07, 6.45) is -4.52. The molecule has 0 amide bonds. The van der Waals surface area contributed by atoms with E-state index < -0.39 is 17.4 Å². The topological polar surface area (TPSA) is 22.0 Å². The lowest BCUT2D eigenvalue weighted by Crippen LogP contribution is -2.27. The number of hydrogen-bond acceptors (Lipinski definition) is 1. The fourth-order valence-electron chi connectivity index (χ4n) is 1.20. The van der Waals surface area contributed by atoms with Gasteiger partial charge in [0, 0.05) is 12.6 Å². The molecule has 15 heavy (non-hydrogen) atoms. The quantitative estimate of drug-likeness (QED) is 0.697. The van der Waals surface area contributed by atoms with E-state index in [9.17, 15) is 18.0 Å². The van der Waals surface area contributed by atoms with Gasteiger partial charge in [0.2, 0.25) is 0 Å². The summed E-state index contributed by atoms with van der Waals surface area (Å²) in [7, 11) is 0. The molecule has 0 saturated heterocycles. The Kier molecular flexibility index (Phi) is 3.02. The summed E-state index contributed by atoms with van der Waals surface area (Å²) in [6, 6.07) is 3.07. The standard InChI is InChI=1S/C10H10F3NO/c1-7(2)6-14-8(10(11,12)13)4-3-5-9(14)15/h3-5H,1,6H2,2H3. The number of nitrogens with zero attached hydrogens (tertiary/aromatic N) is 1. The van der Waals surface area contributed by atoms with E-state index in [4.69, 9.17) is 0 Å². The minimum atomic E-state index is -4.52. The molecule has 0 bridgehead atoms. The lowest BCUT2D eigenvalue weighted by molar-refractivity contribution is -0.144. The van der Waals surface area contributed by atoms with Gasteiger partial charge in [0.1, 0.15) is 5.69 Å². The maximum absolute atomic E-state index is 12.5. The highest BCUT2D eigenvalue weighted by atomic mass is 19.4. The van der Waals surface area contributed by atoms with E-state index in [2.05, 4.69) is 6.58 Å². The van der Waals surface area contributed by atoms with Crippen LogP contribution in [-0.4, -0.2) is 4.57 Å². The van der Waals surface area contributed by atoms with Crippen molar-refractivity contribution in [2.75, 3.05) is 0 Å². The van der Waals surface area contributed by atoms with Gasteiger partial charge in [-0.3, -0.25) is 4.79 Å². The van der Waals surface area contributed by atoms with E-state index in [0.29, 0.717) is 10.1 Å². The number of hydrogen-bond donors (Lipinski definition) is 0. The van der Waals surface area contributed by atoms with Crippen LogP contribution in [0.1, 0.15) is 12.6 Å². The Balaban J connectivity index is 3.33. The average molecular weight is 217 g/mol. The van der Waals surface area contributed by atoms with Crippen LogP contribution in [0.15, 0.2) is 35.1 Å². The highest BCUT2D eigenvalue weighted by Gasteiger charge is 2.33. The number of halogens is 3. The maximum atomic E-state index is 12.5. The van der Waals surface area contributed by atoms with Crippen LogP contribution in [0.4, 0.5) is 13.2 Å². The molecule has 1 heterocycles. The summed E-state index contributed by atoms with van der Waals surface area (Å²) in [5.74, 6) is 0. The van der Waals surface area contributed by atoms with Gasteiger partial charge in [-0.1, -0.05) is 18.2 Å². The zero-order valence-electron chi connectivity index (χ0n) is 8.14. The second kappa shape index (κ2) is 3.92. The Labute approximate surface area is 84.7 Å². The zero-order chi connectivity index (χ0) is 11.6. The molecule has 0 aliphatic carbocycles. The summed E-state index contributed by atoms with van der Waals surface area (Å²) in [6.45, 7) is 4.94. The van der Waals surface area contributed by atoms with Crippen LogP contribution < -0.4 is 5.56 Å². The second-order valence-corrected chi connectivity index (χ2v) is 3.29. The minimum absolute atomic E-state index is 0.117. The van der Waals surface area contributed by atoms with Crippen molar-refractivity contribution in [2.24, 2.45) is 0 Å². The van der Waals surface area contributed by atoms with Gasteiger partial charge in [-0.05, 0) is 13.0 Å². The Morgan fingerprint density at radius 3 is 2.53 bits per heavy atom. The van der Waals surface area contributed by atoms with E-state index in [1.54, 1.807) is 6.92 Å². The third kappa shape index (κ3) is 2.71. The minimum Gasteiger partial charge on any atom is -0.300 e. The SMILES string of the molecule is C=C(C)Cn1c(C(F)(F)F)cccc1=O. The lowest BCUT2D eigenvalue weighted by atomic mass is 10.3. The third-order valence-corrected chi connectivity index (χ3v) is 1.77. The molecule has 1 aromatic rings. The van der Waals surface area contributed by atoms with Crippen LogP contribution in [0.3, 0.4) is 0 Å². The van der Waals surface area contributed by atoms with Crippen molar-refractivity contribution in [1.29, 1.82) is 0 Å². The van der Waals surface area contributed by atoms with Crippen LogP contribution in [0.25, 0.3) is 0 Å². The van der Waals surface area contributed by atoms with E-state index >= 15 is 0 Å². The highest BCUT2D eigenvalue weighted by Crippen LogP contribution is 2.28. The number of aromatic nitrogens is 1. The van der Waals surface area contributed by atoms with Gasteiger partial charge in [-0.25, -0.2) is 0 Å². The van der Waals surface area contributed by atoms with Gasteiger partial charge in [0.15, 0.2) is 0 Å². The van der Waals surface area contributed by atoms with Gasteiger partial charge in [0.05, 0.1) is 0 Å². The molecule has 0 atom stereocenters. The summed E-state index contributed by atoms with van der Waals surface area (Å²) >= 11 is 0. The number of rotatable bonds is 2. The predicted molar refractivity (Wildman–Crippen MR) is 50.5 cm³/mol. The first-order valence-electron chi connectivity index (χ1n) is 4.24. The summed E-state index contributed by atoms with van der Waals surface area (Å²) in [4.78, 5) is 11.2. The fraction of sp³-hybridized carbons (Fsp3) is 0.300. The largest absolute Gasteiger partial charge is 0.431 e. The Hall–Kier alpha value is -1.52. The summed E-state index contributed by atoms with van der Waals surface area (Å²) in [5, 5.41) is 0. The van der Waals surface area contributed by atoms with E-state index in [1.807, 2.05) is 0 Å². The number of pyridine rings is 1. The van der Waals surface area contributed by atoms with Gasteiger partial charge >= 0.3 is 6.18 Å². The summed E-state index contributed by atoms with van der Waals surface area (Å²) < 4.78 is 38.1. The fourth-order valence-corrected chi connectivity index (χ4v) is 1.20. The first-order chi connectivity index (χ1) is 6.82. The molecule has 0 N–H and O–H groups in total. The van der Waals surface area contributed by atoms with Gasteiger partial charge in [-0.15, -0.1) is 0 Å². The zero-order valence-corrected chi connectivity index (χ0v) is 8.14. The Morgan fingerprint density at radius 2 is 2.07 bits per heavy atom. The first kappa shape index (κ1) is 11.6. The molecule has 1 aromatic heterocycles. The molecule has 0 radical (unpaired) electrons. The van der Waals surface area contributed by atoms with Crippen molar-refractivity contribution in [3.05, 3.63) is 46.4 Å². The van der Waals surface area contributed by atoms with Crippen LogP contribution >= 0.6 is 0 Å². The molecule has 82 valence electrons. The number of alkyl halides is 3. The van der Waals surface area contributed by atoms with E-state index in [-0.39, 0.29) is 6.54 Å². The smallest absolute Gasteiger partial charge is 0.300 e. The molecular formula is C10H10F3NO. The van der Waals surface area contributed by atoms with Gasteiger partial charge < -0.3 is 4.57 Å². The molecule has 5 heteroatoms. The van der Waals surface area contributed by atoms with E-state index in [0.717, 1.165) is 18.2 Å². The average Bonchev–Trinajstić information content (AvgIpc) is 2.05. The van der Waals surface area contributed by atoms with Crippen molar-refractivity contribution in [3.8, 4) is 0 Å². The van der Waals surface area contributed by atoms with Crippen molar-refractivity contribution in [3.63, 3.8) is 0 Å². The lowest BCUT2D eigenvalue weighted by Gasteiger charge is -2.14. The molecule has 0 fully saturated rings. The van der Waals surface area contributed by atoms with Crippen LogP contribution in [-0.2, 0) is 12.7 Å². The molecule has 0 saturated carbocycles. The second-order valence-electron chi connectivity index (χ2n) is 3.29. The van der Waals surface area contributed by atoms with Crippen LogP contribution in [0.2, 0.25) is 0 Å². The van der Waals surface area contributed by atoms with Crippen molar-refractivity contribution in [1.82, 2.24) is 4.57 Å².